The summed E-state index contributed by atoms with van der Waals surface area (Å²) in [5.74, 6) is -0.583. The molecule has 1 aromatic rings. The van der Waals surface area contributed by atoms with E-state index in [1.165, 1.54) is 17.3 Å². The number of sulfonamides is 1. The van der Waals surface area contributed by atoms with Crippen LogP contribution in [0.2, 0.25) is 0 Å². The average Bonchev–Trinajstić information content (AvgIpc) is 2.44. The molecule has 0 amide bonds. The maximum Gasteiger partial charge on any atom is 0.243 e. The Morgan fingerprint density at radius 3 is 2.40 bits per heavy atom. The van der Waals surface area contributed by atoms with Crippen LogP contribution in [0.1, 0.15) is 37.7 Å². The van der Waals surface area contributed by atoms with Gasteiger partial charge in [0.15, 0.2) is 0 Å². The summed E-state index contributed by atoms with van der Waals surface area (Å²) in [5, 5.41) is 0. The third-order valence-electron chi connectivity index (χ3n) is 4.12. The van der Waals surface area contributed by atoms with Crippen LogP contribution in [0.3, 0.4) is 0 Å². The van der Waals surface area contributed by atoms with Gasteiger partial charge in [-0.2, -0.15) is 4.31 Å². The van der Waals surface area contributed by atoms with Gasteiger partial charge in [-0.1, -0.05) is 19.3 Å². The summed E-state index contributed by atoms with van der Waals surface area (Å²) in [7, 11) is -2.12. The van der Waals surface area contributed by atoms with Crippen molar-refractivity contribution in [2.75, 3.05) is 12.8 Å². The molecule has 0 aliphatic heterocycles. The van der Waals surface area contributed by atoms with Crippen LogP contribution in [-0.4, -0.2) is 25.8 Å². The highest BCUT2D eigenvalue weighted by Gasteiger charge is 2.29. The molecule has 0 bridgehead atoms. The first-order valence-electron chi connectivity index (χ1n) is 6.87. The lowest BCUT2D eigenvalue weighted by atomic mass is 9.96. The molecule has 1 aromatic carbocycles. The van der Waals surface area contributed by atoms with Crippen LogP contribution in [0.5, 0.6) is 0 Å². The van der Waals surface area contributed by atoms with E-state index in [1.807, 2.05) is 0 Å². The SMILES string of the molecule is Cc1c(N)cc(S(=O)(=O)N(C)C2CCCCC2)cc1F. The van der Waals surface area contributed by atoms with Gasteiger partial charge in [0.1, 0.15) is 5.82 Å². The lowest BCUT2D eigenvalue weighted by Crippen LogP contribution is -2.38. The maximum atomic E-state index is 13.7. The van der Waals surface area contributed by atoms with Crippen LogP contribution in [0.15, 0.2) is 17.0 Å². The van der Waals surface area contributed by atoms with Crippen LogP contribution >= 0.6 is 0 Å². The Labute approximate surface area is 119 Å². The zero-order chi connectivity index (χ0) is 14.9. The molecule has 1 aliphatic rings. The van der Waals surface area contributed by atoms with Gasteiger partial charge in [0.2, 0.25) is 10.0 Å². The molecule has 0 saturated heterocycles. The molecule has 1 aliphatic carbocycles. The number of halogens is 1. The van der Waals surface area contributed by atoms with Gasteiger partial charge in [0.25, 0.3) is 0 Å². The van der Waals surface area contributed by atoms with E-state index in [1.54, 1.807) is 7.05 Å². The summed E-state index contributed by atoms with van der Waals surface area (Å²) in [6.45, 7) is 1.53. The van der Waals surface area contributed by atoms with Gasteiger partial charge in [-0.15, -0.1) is 0 Å². The number of anilines is 1. The molecule has 0 spiro atoms. The van der Waals surface area contributed by atoms with Gasteiger partial charge in [0, 0.05) is 24.3 Å². The summed E-state index contributed by atoms with van der Waals surface area (Å²) in [6.07, 6.45) is 4.94. The molecule has 20 heavy (non-hydrogen) atoms. The molecule has 2 N–H and O–H groups in total. The molecule has 0 radical (unpaired) electrons. The highest BCUT2D eigenvalue weighted by molar-refractivity contribution is 7.89. The lowest BCUT2D eigenvalue weighted by molar-refractivity contribution is 0.285. The molecule has 112 valence electrons. The van der Waals surface area contributed by atoms with E-state index >= 15 is 0 Å². The van der Waals surface area contributed by atoms with Gasteiger partial charge in [-0.05, 0) is 31.9 Å². The number of benzene rings is 1. The van der Waals surface area contributed by atoms with Crippen molar-refractivity contribution < 1.29 is 12.8 Å². The molecule has 4 nitrogen and oxygen atoms in total. The summed E-state index contributed by atoms with van der Waals surface area (Å²) in [4.78, 5) is -0.0637. The number of hydrogen-bond donors (Lipinski definition) is 1. The third kappa shape index (κ3) is 2.81. The minimum absolute atomic E-state index is 0.000612. The van der Waals surface area contributed by atoms with E-state index in [4.69, 9.17) is 5.73 Å². The van der Waals surface area contributed by atoms with Crippen molar-refractivity contribution in [3.8, 4) is 0 Å². The van der Waals surface area contributed by atoms with E-state index in [0.29, 0.717) is 0 Å². The second-order valence-electron chi connectivity index (χ2n) is 5.43. The number of nitrogens with two attached hydrogens (primary N) is 1. The van der Waals surface area contributed by atoms with Crippen molar-refractivity contribution in [3.05, 3.63) is 23.5 Å². The van der Waals surface area contributed by atoms with Crippen LogP contribution in [0.25, 0.3) is 0 Å². The Kier molecular flexibility index (Phi) is 4.34. The van der Waals surface area contributed by atoms with E-state index in [2.05, 4.69) is 0 Å². The maximum absolute atomic E-state index is 13.7. The molecule has 1 fully saturated rings. The number of hydrogen-bond acceptors (Lipinski definition) is 3. The number of nitrogen functional groups attached to an aromatic ring is 1. The second-order valence-corrected chi connectivity index (χ2v) is 7.43. The van der Waals surface area contributed by atoms with Gasteiger partial charge in [0.05, 0.1) is 4.90 Å². The highest BCUT2D eigenvalue weighted by atomic mass is 32.2. The standard InChI is InChI=1S/C14H21FN2O2S/c1-10-13(15)8-12(9-14(10)16)20(18,19)17(2)11-6-4-3-5-7-11/h8-9,11H,3-7,16H2,1-2H3. The van der Waals surface area contributed by atoms with E-state index < -0.39 is 15.8 Å². The molecule has 0 unspecified atom stereocenters. The first-order valence-corrected chi connectivity index (χ1v) is 8.31. The minimum atomic E-state index is -3.69. The summed E-state index contributed by atoms with van der Waals surface area (Å²) in [5.41, 5.74) is 6.12. The van der Waals surface area contributed by atoms with Crippen LogP contribution in [-0.2, 0) is 10.0 Å². The van der Waals surface area contributed by atoms with Crippen molar-refractivity contribution in [3.63, 3.8) is 0 Å². The monoisotopic (exact) mass is 300 g/mol. The second kappa shape index (κ2) is 5.69. The summed E-state index contributed by atoms with van der Waals surface area (Å²) in [6, 6.07) is 2.40. The van der Waals surface area contributed by atoms with E-state index in [9.17, 15) is 12.8 Å². The fraction of sp³-hybridized carbons (Fsp3) is 0.571. The van der Waals surface area contributed by atoms with Crippen LogP contribution in [0.4, 0.5) is 10.1 Å². The fourth-order valence-corrected chi connectivity index (χ4v) is 4.09. The normalized spacial score (nSPS) is 17.6. The van der Waals surface area contributed by atoms with Crippen molar-refractivity contribution in [1.29, 1.82) is 0 Å². The van der Waals surface area contributed by atoms with Gasteiger partial charge < -0.3 is 5.73 Å². The van der Waals surface area contributed by atoms with Crippen molar-refractivity contribution in [2.24, 2.45) is 0 Å². The largest absolute Gasteiger partial charge is 0.398 e. The number of nitrogens with zero attached hydrogens (tertiary/aromatic N) is 1. The Hall–Kier alpha value is -1.14. The summed E-state index contributed by atoms with van der Waals surface area (Å²) < 4.78 is 40.2. The van der Waals surface area contributed by atoms with Gasteiger partial charge in [-0.3, -0.25) is 0 Å². The Morgan fingerprint density at radius 1 is 1.25 bits per heavy atom. The molecular formula is C14H21FN2O2S. The molecule has 0 atom stereocenters. The quantitative estimate of drug-likeness (QED) is 0.873. The predicted molar refractivity (Wildman–Crippen MR) is 77.4 cm³/mol. The van der Waals surface area contributed by atoms with Gasteiger partial charge >= 0.3 is 0 Å². The van der Waals surface area contributed by atoms with E-state index in [-0.39, 0.29) is 22.2 Å². The average molecular weight is 300 g/mol. The van der Waals surface area contributed by atoms with Crippen LogP contribution in [0, 0.1) is 12.7 Å². The highest BCUT2D eigenvalue weighted by Crippen LogP contribution is 2.28. The molecule has 6 heteroatoms. The smallest absolute Gasteiger partial charge is 0.243 e. The van der Waals surface area contributed by atoms with E-state index in [0.717, 1.165) is 38.2 Å². The molecule has 2 rings (SSSR count). The van der Waals surface area contributed by atoms with Crippen LogP contribution < -0.4 is 5.73 Å². The van der Waals surface area contributed by atoms with Crippen molar-refractivity contribution in [2.45, 2.75) is 50.0 Å². The first-order chi connectivity index (χ1) is 9.34. The van der Waals surface area contributed by atoms with Crippen molar-refractivity contribution >= 4 is 15.7 Å². The summed E-state index contributed by atoms with van der Waals surface area (Å²) >= 11 is 0. The molecular weight excluding hydrogens is 279 g/mol. The Morgan fingerprint density at radius 2 is 1.85 bits per heavy atom. The third-order valence-corrected chi connectivity index (χ3v) is 6.01. The molecule has 1 saturated carbocycles. The topological polar surface area (TPSA) is 63.4 Å². The molecule has 0 heterocycles. The Bertz CT molecular complexity index is 572. The van der Waals surface area contributed by atoms with Crippen molar-refractivity contribution in [1.82, 2.24) is 4.31 Å². The zero-order valence-corrected chi connectivity index (χ0v) is 12.7. The first kappa shape index (κ1) is 15.3. The predicted octanol–water partition coefficient (Wildman–Crippen LogP) is 2.67. The fourth-order valence-electron chi connectivity index (χ4n) is 2.63. The van der Waals surface area contributed by atoms with Gasteiger partial charge in [-0.25, -0.2) is 12.8 Å². The number of rotatable bonds is 3. The minimum Gasteiger partial charge on any atom is -0.398 e. The Balaban J connectivity index is 2.34. The lowest BCUT2D eigenvalue weighted by Gasteiger charge is -2.30. The zero-order valence-electron chi connectivity index (χ0n) is 11.9. The molecule has 0 aromatic heterocycles.